The third kappa shape index (κ3) is 3.97. The van der Waals surface area contributed by atoms with Crippen LogP contribution in [0.3, 0.4) is 0 Å². The molecule has 3 heterocycles. The third-order valence-corrected chi connectivity index (χ3v) is 5.63. The molecule has 0 bridgehead atoms. The molecule has 1 fully saturated rings. The van der Waals surface area contributed by atoms with E-state index in [1.807, 2.05) is 30.5 Å². The van der Waals surface area contributed by atoms with E-state index in [1.165, 1.54) is 0 Å². The standard InChI is InChI=1S/C24H24N4O2/c29-24-20-10-1-2-11-21(20)26-22(27-24)16-28(15-19-9-5-13-30-19)14-18-7-3-6-17-8-4-12-25-23(17)18/h1-4,6-8,10-12,19H,5,9,13-16H2,(H,26,27,29)/t19-/m1/s1. The summed E-state index contributed by atoms with van der Waals surface area (Å²) in [6.07, 6.45) is 4.20. The van der Waals surface area contributed by atoms with E-state index in [4.69, 9.17) is 9.72 Å². The Morgan fingerprint density at radius 2 is 1.97 bits per heavy atom. The number of para-hydroxylation sites is 2. The Kier molecular flexibility index (Phi) is 5.26. The number of rotatable bonds is 6. The topological polar surface area (TPSA) is 71.1 Å². The van der Waals surface area contributed by atoms with Gasteiger partial charge in [0.2, 0.25) is 0 Å². The van der Waals surface area contributed by atoms with Gasteiger partial charge in [0.05, 0.1) is 29.1 Å². The van der Waals surface area contributed by atoms with Crippen molar-refractivity contribution in [3.8, 4) is 0 Å². The van der Waals surface area contributed by atoms with Gasteiger partial charge in [-0.15, -0.1) is 0 Å². The molecule has 5 rings (SSSR count). The molecule has 0 radical (unpaired) electrons. The highest BCUT2D eigenvalue weighted by atomic mass is 16.5. The lowest BCUT2D eigenvalue weighted by Gasteiger charge is -2.25. The zero-order valence-corrected chi connectivity index (χ0v) is 16.8. The summed E-state index contributed by atoms with van der Waals surface area (Å²) >= 11 is 0. The SMILES string of the molecule is O=c1[nH]c(CN(Cc2cccc3cccnc23)C[C@H]2CCCO2)nc2ccccc12. The van der Waals surface area contributed by atoms with E-state index in [0.717, 1.165) is 48.0 Å². The number of pyridine rings is 1. The highest BCUT2D eigenvalue weighted by molar-refractivity contribution is 5.81. The summed E-state index contributed by atoms with van der Waals surface area (Å²) in [5, 5.41) is 1.74. The summed E-state index contributed by atoms with van der Waals surface area (Å²) in [7, 11) is 0. The molecule has 4 aromatic rings. The van der Waals surface area contributed by atoms with Crippen LogP contribution >= 0.6 is 0 Å². The number of hydrogen-bond acceptors (Lipinski definition) is 5. The molecule has 1 saturated heterocycles. The molecule has 2 aromatic heterocycles. The van der Waals surface area contributed by atoms with E-state index in [1.54, 1.807) is 6.07 Å². The van der Waals surface area contributed by atoms with Crippen LogP contribution in [0.4, 0.5) is 0 Å². The Labute approximate surface area is 174 Å². The quantitative estimate of drug-likeness (QED) is 0.535. The van der Waals surface area contributed by atoms with Gasteiger partial charge in [0.25, 0.3) is 5.56 Å². The Hall–Kier alpha value is -3.09. The van der Waals surface area contributed by atoms with Crippen LogP contribution in [0.5, 0.6) is 0 Å². The number of ether oxygens (including phenoxy) is 1. The van der Waals surface area contributed by atoms with Crippen LogP contribution in [0, 0.1) is 0 Å². The zero-order chi connectivity index (χ0) is 20.3. The van der Waals surface area contributed by atoms with E-state index in [9.17, 15) is 4.79 Å². The van der Waals surface area contributed by atoms with Gasteiger partial charge in [0.1, 0.15) is 5.82 Å². The molecule has 0 amide bonds. The number of nitrogens with one attached hydrogen (secondary N) is 1. The fraction of sp³-hybridized carbons (Fsp3) is 0.292. The summed E-state index contributed by atoms with van der Waals surface area (Å²) in [4.78, 5) is 27.1. The Morgan fingerprint density at radius 1 is 1.07 bits per heavy atom. The van der Waals surface area contributed by atoms with Crippen LogP contribution in [0.25, 0.3) is 21.8 Å². The number of aromatic amines is 1. The highest BCUT2D eigenvalue weighted by Crippen LogP contribution is 2.21. The molecule has 0 unspecified atom stereocenters. The van der Waals surface area contributed by atoms with Crippen LogP contribution in [-0.2, 0) is 17.8 Å². The molecule has 6 heteroatoms. The van der Waals surface area contributed by atoms with Crippen molar-refractivity contribution in [1.29, 1.82) is 0 Å². The number of fused-ring (bicyclic) bond motifs is 2. The molecule has 1 N–H and O–H groups in total. The minimum absolute atomic E-state index is 0.0977. The smallest absolute Gasteiger partial charge is 0.258 e. The highest BCUT2D eigenvalue weighted by Gasteiger charge is 2.21. The molecular weight excluding hydrogens is 376 g/mol. The van der Waals surface area contributed by atoms with Gasteiger partial charge in [-0.25, -0.2) is 4.98 Å². The maximum Gasteiger partial charge on any atom is 0.258 e. The van der Waals surface area contributed by atoms with Gasteiger partial charge in [-0.05, 0) is 36.6 Å². The average Bonchev–Trinajstić information content (AvgIpc) is 3.27. The first kappa shape index (κ1) is 18.9. The van der Waals surface area contributed by atoms with Crippen molar-refractivity contribution in [2.45, 2.75) is 32.0 Å². The van der Waals surface area contributed by atoms with Gasteiger partial charge in [-0.1, -0.05) is 36.4 Å². The third-order valence-electron chi connectivity index (χ3n) is 5.63. The minimum atomic E-state index is -0.0977. The second-order valence-corrected chi connectivity index (χ2v) is 7.83. The molecular formula is C24H24N4O2. The van der Waals surface area contributed by atoms with Crippen LogP contribution in [0.15, 0.2) is 65.6 Å². The molecule has 6 nitrogen and oxygen atoms in total. The van der Waals surface area contributed by atoms with E-state index in [2.05, 4.69) is 39.1 Å². The van der Waals surface area contributed by atoms with Gasteiger partial charge >= 0.3 is 0 Å². The number of H-pyrrole nitrogens is 1. The molecule has 2 aromatic carbocycles. The van der Waals surface area contributed by atoms with Crippen LogP contribution < -0.4 is 5.56 Å². The van der Waals surface area contributed by atoms with Crippen molar-refractivity contribution in [3.63, 3.8) is 0 Å². The van der Waals surface area contributed by atoms with E-state index in [0.29, 0.717) is 24.3 Å². The van der Waals surface area contributed by atoms with Gasteiger partial charge in [0, 0.05) is 31.3 Å². The predicted octanol–water partition coefficient (Wildman–Crippen LogP) is 3.65. The number of aromatic nitrogens is 3. The second kappa shape index (κ2) is 8.34. The predicted molar refractivity (Wildman–Crippen MR) is 117 cm³/mol. The first-order valence-electron chi connectivity index (χ1n) is 10.4. The largest absolute Gasteiger partial charge is 0.377 e. The zero-order valence-electron chi connectivity index (χ0n) is 16.8. The lowest BCUT2D eigenvalue weighted by Crippen LogP contribution is -2.33. The molecule has 1 atom stereocenters. The Morgan fingerprint density at radius 3 is 2.87 bits per heavy atom. The lowest BCUT2D eigenvalue weighted by molar-refractivity contribution is 0.0671. The molecule has 30 heavy (non-hydrogen) atoms. The van der Waals surface area contributed by atoms with Crippen LogP contribution in [0.2, 0.25) is 0 Å². The summed E-state index contributed by atoms with van der Waals surface area (Å²) in [5.74, 6) is 0.671. The van der Waals surface area contributed by atoms with Gasteiger partial charge < -0.3 is 9.72 Å². The number of nitrogens with zero attached hydrogens (tertiary/aromatic N) is 3. The van der Waals surface area contributed by atoms with Crippen LogP contribution in [-0.4, -0.2) is 39.1 Å². The molecule has 1 aliphatic rings. The summed E-state index contributed by atoms with van der Waals surface area (Å²) in [6.45, 7) is 2.87. The Balaban J connectivity index is 1.46. The molecule has 0 spiro atoms. The van der Waals surface area contributed by atoms with Gasteiger partial charge in [-0.2, -0.15) is 0 Å². The average molecular weight is 400 g/mol. The van der Waals surface area contributed by atoms with Crippen molar-refractivity contribution in [2.75, 3.05) is 13.2 Å². The van der Waals surface area contributed by atoms with Crippen molar-refractivity contribution in [1.82, 2.24) is 19.9 Å². The molecule has 0 aliphatic carbocycles. The van der Waals surface area contributed by atoms with E-state index >= 15 is 0 Å². The monoisotopic (exact) mass is 400 g/mol. The number of hydrogen-bond donors (Lipinski definition) is 1. The molecule has 1 aliphatic heterocycles. The van der Waals surface area contributed by atoms with Crippen LogP contribution in [0.1, 0.15) is 24.2 Å². The maximum atomic E-state index is 12.5. The fourth-order valence-corrected chi connectivity index (χ4v) is 4.22. The van der Waals surface area contributed by atoms with Crippen molar-refractivity contribution in [3.05, 3.63) is 82.5 Å². The van der Waals surface area contributed by atoms with Crippen molar-refractivity contribution < 1.29 is 4.74 Å². The van der Waals surface area contributed by atoms with Gasteiger partial charge in [-0.3, -0.25) is 14.7 Å². The van der Waals surface area contributed by atoms with Gasteiger partial charge in [0.15, 0.2) is 0 Å². The summed E-state index contributed by atoms with van der Waals surface area (Å²) < 4.78 is 5.89. The summed E-state index contributed by atoms with van der Waals surface area (Å²) in [5.41, 5.74) is 2.80. The molecule has 152 valence electrons. The summed E-state index contributed by atoms with van der Waals surface area (Å²) in [6, 6.07) is 17.8. The normalized spacial score (nSPS) is 16.6. The fourth-order valence-electron chi connectivity index (χ4n) is 4.22. The maximum absolute atomic E-state index is 12.5. The van der Waals surface area contributed by atoms with Crippen molar-refractivity contribution in [2.24, 2.45) is 0 Å². The first-order valence-corrected chi connectivity index (χ1v) is 10.4. The van der Waals surface area contributed by atoms with E-state index in [-0.39, 0.29) is 11.7 Å². The van der Waals surface area contributed by atoms with E-state index < -0.39 is 0 Å². The minimum Gasteiger partial charge on any atom is -0.377 e. The number of benzene rings is 2. The first-order chi connectivity index (χ1) is 14.8. The second-order valence-electron chi connectivity index (χ2n) is 7.83. The Bertz CT molecular complexity index is 1230. The lowest BCUT2D eigenvalue weighted by atomic mass is 10.1. The molecule has 0 saturated carbocycles. The van der Waals surface area contributed by atoms with Crippen molar-refractivity contribution >= 4 is 21.8 Å².